The van der Waals surface area contributed by atoms with Crippen molar-refractivity contribution in [3.63, 3.8) is 0 Å². The smallest absolute Gasteiger partial charge is 0.189 e. The summed E-state index contributed by atoms with van der Waals surface area (Å²) in [6.07, 6.45) is 9.05. The number of anilines is 2. The van der Waals surface area contributed by atoms with Gasteiger partial charge in [0.25, 0.3) is 0 Å². The molecule has 1 saturated heterocycles. The van der Waals surface area contributed by atoms with Gasteiger partial charge in [-0.15, -0.1) is 0 Å². The predicted octanol–water partition coefficient (Wildman–Crippen LogP) is 2.66. The third-order valence-corrected chi connectivity index (χ3v) is 6.09. The molecule has 2 aliphatic rings. The summed E-state index contributed by atoms with van der Waals surface area (Å²) in [5, 5.41) is 1.96. The van der Waals surface area contributed by atoms with E-state index in [1.165, 1.54) is 17.7 Å². The summed E-state index contributed by atoms with van der Waals surface area (Å²) in [7, 11) is 0. The minimum absolute atomic E-state index is 0.788. The summed E-state index contributed by atoms with van der Waals surface area (Å²) in [6.45, 7) is 5.66. The molecule has 1 aliphatic carbocycles. The molecule has 1 aliphatic heterocycles. The van der Waals surface area contributed by atoms with Crippen molar-refractivity contribution in [2.24, 2.45) is 0 Å². The van der Waals surface area contributed by atoms with Gasteiger partial charge in [-0.25, -0.2) is 19.9 Å². The molecule has 7 nitrogen and oxygen atoms in total. The van der Waals surface area contributed by atoms with Gasteiger partial charge in [0.15, 0.2) is 5.16 Å². The van der Waals surface area contributed by atoms with Gasteiger partial charge >= 0.3 is 0 Å². The Balaban J connectivity index is 1.42. The van der Waals surface area contributed by atoms with Gasteiger partial charge in [-0.2, -0.15) is 0 Å². The highest BCUT2D eigenvalue weighted by molar-refractivity contribution is 7.98. The summed E-state index contributed by atoms with van der Waals surface area (Å²) in [5.74, 6) is 2.96. The van der Waals surface area contributed by atoms with Crippen molar-refractivity contribution < 1.29 is 0 Å². The van der Waals surface area contributed by atoms with Crippen LogP contribution in [0.2, 0.25) is 0 Å². The van der Waals surface area contributed by atoms with Crippen LogP contribution in [-0.4, -0.2) is 57.4 Å². The summed E-state index contributed by atoms with van der Waals surface area (Å²) >= 11 is 1.63. The minimum atomic E-state index is 0.788. The Morgan fingerprint density at radius 2 is 1.71 bits per heavy atom. The van der Waals surface area contributed by atoms with Crippen LogP contribution in [0.4, 0.5) is 11.6 Å². The van der Waals surface area contributed by atoms with Gasteiger partial charge in [-0.05, 0) is 38.5 Å². The molecule has 0 N–H and O–H groups in total. The van der Waals surface area contributed by atoms with Crippen LogP contribution in [0.3, 0.4) is 0 Å². The molecule has 0 atom stereocenters. The molecule has 5 rings (SSSR count). The first-order chi connectivity index (χ1) is 13.7. The third-order valence-electron chi connectivity index (χ3n) is 5.54. The fourth-order valence-corrected chi connectivity index (χ4v) is 4.57. The fourth-order valence-electron chi connectivity index (χ4n) is 4.19. The van der Waals surface area contributed by atoms with E-state index in [0.29, 0.717) is 0 Å². The van der Waals surface area contributed by atoms with Crippen LogP contribution in [0, 0.1) is 6.92 Å². The standard InChI is InChI=1S/C20H23N7S/c1-13-22-17-12-21-7-6-15(17)18(23-13)26-8-10-27(11-9-26)19-14-4-3-5-16(14)24-20(25-19)28-2/h6-7,12H,3-5,8-11H2,1-2H3. The maximum Gasteiger partial charge on any atom is 0.189 e. The van der Waals surface area contributed by atoms with Gasteiger partial charge in [-0.1, -0.05) is 11.8 Å². The van der Waals surface area contributed by atoms with Crippen molar-refractivity contribution in [2.45, 2.75) is 31.3 Å². The van der Waals surface area contributed by atoms with Crippen molar-refractivity contribution in [1.29, 1.82) is 0 Å². The van der Waals surface area contributed by atoms with Crippen molar-refractivity contribution in [2.75, 3.05) is 42.2 Å². The van der Waals surface area contributed by atoms with Gasteiger partial charge in [0, 0.05) is 43.3 Å². The second-order valence-corrected chi connectivity index (χ2v) is 8.05. The molecule has 28 heavy (non-hydrogen) atoms. The zero-order valence-electron chi connectivity index (χ0n) is 16.2. The lowest BCUT2D eigenvalue weighted by atomic mass is 10.2. The molecule has 0 unspecified atom stereocenters. The lowest BCUT2D eigenvalue weighted by molar-refractivity contribution is 0.635. The number of hydrogen-bond acceptors (Lipinski definition) is 8. The van der Waals surface area contributed by atoms with Crippen molar-refractivity contribution in [3.8, 4) is 0 Å². The summed E-state index contributed by atoms with van der Waals surface area (Å²) in [4.78, 5) is 27.9. The molecule has 3 aromatic heterocycles. The molecule has 4 heterocycles. The van der Waals surface area contributed by atoms with E-state index in [2.05, 4.69) is 26.0 Å². The molecule has 0 spiro atoms. The van der Waals surface area contributed by atoms with Crippen LogP contribution < -0.4 is 9.80 Å². The largest absolute Gasteiger partial charge is 0.353 e. The molecule has 3 aromatic rings. The predicted molar refractivity (Wildman–Crippen MR) is 112 cm³/mol. The van der Waals surface area contributed by atoms with E-state index < -0.39 is 0 Å². The molecular weight excluding hydrogens is 370 g/mol. The monoisotopic (exact) mass is 393 g/mol. The van der Waals surface area contributed by atoms with E-state index in [1.54, 1.807) is 11.8 Å². The maximum absolute atomic E-state index is 4.87. The van der Waals surface area contributed by atoms with Gasteiger partial charge in [-0.3, -0.25) is 4.98 Å². The molecular formula is C20H23N7S. The van der Waals surface area contributed by atoms with E-state index in [1.807, 2.05) is 25.4 Å². The number of aromatic nitrogens is 5. The molecule has 0 saturated carbocycles. The molecule has 0 amide bonds. The highest BCUT2D eigenvalue weighted by Gasteiger charge is 2.26. The molecule has 0 radical (unpaired) electrons. The van der Waals surface area contributed by atoms with Gasteiger partial charge in [0.05, 0.1) is 17.4 Å². The van der Waals surface area contributed by atoms with Crippen molar-refractivity contribution in [3.05, 3.63) is 35.5 Å². The molecule has 8 heteroatoms. The van der Waals surface area contributed by atoms with Crippen LogP contribution in [-0.2, 0) is 12.8 Å². The normalized spacial score (nSPS) is 16.6. The van der Waals surface area contributed by atoms with Crippen LogP contribution in [0.15, 0.2) is 23.6 Å². The number of thioether (sulfide) groups is 1. The second kappa shape index (κ2) is 7.16. The Morgan fingerprint density at radius 1 is 0.929 bits per heavy atom. The Kier molecular flexibility index (Phi) is 4.50. The highest BCUT2D eigenvalue weighted by Crippen LogP contribution is 2.32. The number of nitrogens with zero attached hydrogens (tertiary/aromatic N) is 7. The van der Waals surface area contributed by atoms with Crippen LogP contribution in [0.5, 0.6) is 0 Å². The first kappa shape index (κ1) is 17.6. The Morgan fingerprint density at radius 3 is 2.50 bits per heavy atom. The van der Waals surface area contributed by atoms with Crippen molar-refractivity contribution in [1.82, 2.24) is 24.9 Å². The summed E-state index contributed by atoms with van der Waals surface area (Å²) in [6, 6.07) is 2.01. The van der Waals surface area contributed by atoms with Crippen LogP contribution in [0.1, 0.15) is 23.5 Å². The summed E-state index contributed by atoms with van der Waals surface area (Å²) in [5.41, 5.74) is 3.52. The van der Waals surface area contributed by atoms with Gasteiger partial charge in [0.1, 0.15) is 17.5 Å². The van der Waals surface area contributed by atoms with Crippen LogP contribution >= 0.6 is 11.8 Å². The zero-order valence-corrected chi connectivity index (χ0v) is 17.0. The maximum atomic E-state index is 4.87. The van der Waals surface area contributed by atoms with Crippen molar-refractivity contribution >= 4 is 34.3 Å². The quantitative estimate of drug-likeness (QED) is 0.497. The topological polar surface area (TPSA) is 70.9 Å². The molecule has 144 valence electrons. The van der Waals surface area contributed by atoms with E-state index in [-0.39, 0.29) is 0 Å². The van der Waals surface area contributed by atoms with E-state index in [9.17, 15) is 0 Å². The molecule has 0 bridgehead atoms. The number of piperazine rings is 1. The number of aryl methyl sites for hydroxylation is 2. The minimum Gasteiger partial charge on any atom is -0.353 e. The first-order valence-electron chi connectivity index (χ1n) is 9.75. The Labute approximate surface area is 168 Å². The average molecular weight is 394 g/mol. The SMILES string of the molecule is CSc1nc2c(c(N3CCN(c4nc(C)nc5cnccc45)CC3)n1)CCC2. The summed E-state index contributed by atoms with van der Waals surface area (Å²) < 4.78 is 0. The van der Waals surface area contributed by atoms with Gasteiger partial charge in [0.2, 0.25) is 0 Å². The fraction of sp³-hybridized carbons (Fsp3) is 0.450. The average Bonchev–Trinajstić information content (AvgIpc) is 3.21. The number of pyridine rings is 1. The highest BCUT2D eigenvalue weighted by atomic mass is 32.2. The van der Waals surface area contributed by atoms with E-state index in [4.69, 9.17) is 15.0 Å². The lowest BCUT2D eigenvalue weighted by Gasteiger charge is -2.37. The Hall–Kier alpha value is -2.48. The first-order valence-corrected chi connectivity index (χ1v) is 11.0. The lowest BCUT2D eigenvalue weighted by Crippen LogP contribution is -2.47. The van der Waals surface area contributed by atoms with Gasteiger partial charge < -0.3 is 9.80 Å². The Bertz CT molecular complexity index is 1030. The molecule has 1 fully saturated rings. The third kappa shape index (κ3) is 3.05. The van der Waals surface area contributed by atoms with E-state index in [0.717, 1.165) is 72.5 Å². The number of rotatable bonds is 3. The molecule has 0 aromatic carbocycles. The number of fused-ring (bicyclic) bond motifs is 2. The second-order valence-electron chi connectivity index (χ2n) is 7.27. The number of hydrogen-bond donors (Lipinski definition) is 0. The van der Waals surface area contributed by atoms with Crippen LogP contribution in [0.25, 0.3) is 10.9 Å². The zero-order chi connectivity index (χ0) is 19.1. The van der Waals surface area contributed by atoms with E-state index >= 15 is 0 Å².